The highest BCUT2D eigenvalue weighted by atomic mass is 32.2. The lowest BCUT2D eigenvalue weighted by atomic mass is 10.0. The summed E-state index contributed by atoms with van der Waals surface area (Å²) in [5.41, 5.74) is 2.97. The summed E-state index contributed by atoms with van der Waals surface area (Å²) in [5.74, 6) is -0.254. The first-order chi connectivity index (χ1) is 12.6. The van der Waals surface area contributed by atoms with E-state index < -0.39 is 10.8 Å². The molecule has 26 heavy (non-hydrogen) atoms. The summed E-state index contributed by atoms with van der Waals surface area (Å²) in [6.07, 6.45) is 3.65. The van der Waals surface area contributed by atoms with Gasteiger partial charge in [0.25, 0.3) is 0 Å². The van der Waals surface area contributed by atoms with Crippen molar-refractivity contribution >= 4 is 28.4 Å². The van der Waals surface area contributed by atoms with Crippen molar-refractivity contribution in [3.05, 3.63) is 54.5 Å². The van der Waals surface area contributed by atoms with E-state index in [1.54, 1.807) is 18.4 Å². The van der Waals surface area contributed by atoms with Gasteiger partial charge in [0.15, 0.2) is 0 Å². The lowest BCUT2D eigenvalue weighted by Gasteiger charge is -2.07. The molecule has 1 heterocycles. The first kappa shape index (κ1) is 18.5. The summed E-state index contributed by atoms with van der Waals surface area (Å²) in [6, 6.07) is 12.5. The highest BCUT2D eigenvalue weighted by molar-refractivity contribution is 7.84. The average molecular weight is 371 g/mol. The minimum absolute atomic E-state index is 0.254. The van der Waals surface area contributed by atoms with E-state index in [1.807, 2.05) is 24.4 Å². The number of hydrogen-bond acceptors (Lipinski definition) is 3. The van der Waals surface area contributed by atoms with Crippen LogP contribution in [0.1, 0.15) is 0 Å². The molecule has 3 rings (SSSR count). The number of benzene rings is 2. The smallest absolute Gasteiger partial charge is 0.123 e. The van der Waals surface area contributed by atoms with Crippen molar-refractivity contribution in [1.29, 1.82) is 0 Å². The Balaban J connectivity index is 1.92. The molecule has 1 unspecified atom stereocenters. The molecule has 0 spiro atoms. The van der Waals surface area contributed by atoms with E-state index in [9.17, 15) is 8.60 Å². The van der Waals surface area contributed by atoms with Crippen LogP contribution in [0.25, 0.3) is 22.0 Å². The molecule has 0 saturated heterocycles. The summed E-state index contributed by atoms with van der Waals surface area (Å²) < 4.78 is 27.5. The Morgan fingerprint density at radius 1 is 1.15 bits per heavy atom. The number of rotatable bonds is 8. The molecule has 2 aromatic carbocycles. The van der Waals surface area contributed by atoms with Crippen LogP contribution in [0, 0.1) is 5.82 Å². The minimum Gasteiger partial charge on any atom is -0.345 e. The molecule has 6 heteroatoms. The van der Waals surface area contributed by atoms with Gasteiger partial charge in [-0.25, -0.2) is 4.39 Å². The second-order valence-electron chi connectivity index (χ2n) is 6.08. The number of aliphatic imine (C=N–C) groups is 1. The Hall–Kier alpha value is -2.31. The van der Waals surface area contributed by atoms with E-state index in [0.29, 0.717) is 6.54 Å². The number of aromatic nitrogens is 1. The van der Waals surface area contributed by atoms with Crippen LogP contribution < -0.4 is 5.32 Å². The SMILES string of the molecule is C=NCCNCCn1cc(S(C)=O)c2cc(-c3ccc(F)cc3)ccc21. The standard InChI is InChI=1S/C20H22FN3OS/c1-22-9-10-23-11-12-24-14-20(26(2)25)18-13-16(5-8-19(18)24)15-3-6-17(21)7-4-15/h3-8,13-14,23H,1,9-12H2,2H3. The van der Waals surface area contributed by atoms with Gasteiger partial charge < -0.3 is 9.88 Å². The number of nitrogens with one attached hydrogen (secondary N) is 1. The molecular weight excluding hydrogens is 349 g/mol. The van der Waals surface area contributed by atoms with Gasteiger partial charge in [-0.2, -0.15) is 0 Å². The molecule has 0 bridgehead atoms. The van der Waals surface area contributed by atoms with E-state index in [0.717, 1.165) is 46.6 Å². The van der Waals surface area contributed by atoms with Crippen molar-refractivity contribution in [3.8, 4) is 11.1 Å². The Morgan fingerprint density at radius 3 is 2.58 bits per heavy atom. The third kappa shape index (κ3) is 4.08. The third-order valence-electron chi connectivity index (χ3n) is 4.31. The highest BCUT2D eigenvalue weighted by Gasteiger charge is 2.12. The Bertz CT molecular complexity index is 934. The first-order valence-electron chi connectivity index (χ1n) is 8.45. The molecule has 0 radical (unpaired) electrons. The Labute approximate surface area is 155 Å². The molecule has 4 nitrogen and oxygen atoms in total. The van der Waals surface area contributed by atoms with Gasteiger partial charge in [0.2, 0.25) is 0 Å². The molecule has 136 valence electrons. The molecule has 1 atom stereocenters. The zero-order valence-corrected chi connectivity index (χ0v) is 15.6. The van der Waals surface area contributed by atoms with Gasteiger partial charge in [0.05, 0.1) is 22.2 Å². The van der Waals surface area contributed by atoms with Crippen molar-refractivity contribution in [2.75, 3.05) is 25.9 Å². The van der Waals surface area contributed by atoms with Gasteiger partial charge in [-0.1, -0.05) is 18.2 Å². The second kappa shape index (κ2) is 8.38. The quantitative estimate of drug-likeness (QED) is 0.487. The van der Waals surface area contributed by atoms with Crippen LogP contribution in [0.15, 0.2) is 58.5 Å². The summed E-state index contributed by atoms with van der Waals surface area (Å²) in [6.45, 7) is 6.54. The molecule has 0 aliphatic heterocycles. The monoisotopic (exact) mass is 371 g/mol. The van der Waals surface area contributed by atoms with E-state index in [1.165, 1.54) is 12.1 Å². The highest BCUT2D eigenvalue weighted by Crippen LogP contribution is 2.29. The number of halogens is 1. The van der Waals surface area contributed by atoms with Crippen LogP contribution in [0.2, 0.25) is 0 Å². The molecule has 0 amide bonds. The Morgan fingerprint density at radius 2 is 1.88 bits per heavy atom. The van der Waals surface area contributed by atoms with E-state index >= 15 is 0 Å². The molecular formula is C20H22FN3OS. The summed E-state index contributed by atoms with van der Waals surface area (Å²) in [4.78, 5) is 4.63. The van der Waals surface area contributed by atoms with Crippen LogP contribution in [-0.4, -0.2) is 41.4 Å². The van der Waals surface area contributed by atoms with Gasteiger partial charge in [-0.05, 0) is 42.1 Å². The van der Waals surface area contributed by atoms with Crippen LogP contribution in [-0.2, 0) is 17.3 Å². The van der Waals surface area contributed by atoms with Crippen LogP contribution in [0.5, 0.6) is 0 Å². The molecule has 0 aliphatic rings. The molecule has 0 saturated carbocycles. The largest absolute Gasteiger partial charge is 0.345 e. The fraction of sp³-hybridized carbons (Fsp3) is 0.250. The van der Waals surface area contributed by atoms with Gasteiger partial charge in [-0.3, -0.25) is 9.20 Å². The molecule has 1 aromatic heterocycles. The fourth-order valence-corrected chi connectivity index (χ4v) is 3.73. The van der Waals surface area contributed by atoms with Gasteiger partial charge >= 0.3 is 0 Å². The normalized spacial score (nSPS) is 12.4. The lowest BCUT2D eigenvalue weighted by Crippen LogP contribution is -2.22. The van der Waals surface area contributed by atoms with Gasteiger partial charge in [0.1, 0.15) is 5.82 Å². The van der Waals surface area contributed by atoms with E-state index in [2.05, 4.69) is 21.6 Å². The zero-order chi connectivity index (χ0) is 18.5. The molecule has 0 fully saturated rings. The maximum atomic E-state index is 13.2. The van der Waals surface area contributed by atoms with Crippen molar-refractivity contribution < 1.29 is 8.60 Å². The van der Waals surface area contributed by atoms with E-state index in [4.69, 9.17) is 0 Å². The number of nitrogens with zero attached hydrogens (tertiary/aromatic N) is 2. The summed E-state index contributed by atoms with van der Waals surface area (Å²) >= 11 is 0. The fourth-order valence-electron chi connectivity index (χ4n) is 2.98. The van der Waals surface area contributed by atoms with Crippen LogP contribution >= 0.6 is 0 Å². The van der Waals surface area contributed by atoms with Crippen molar-refractivity contribution in [3.63, 3.8) is 0 Å². The van der Waals surface area contributed by atoms with Gasteiger partial charge in [0, 0.05) is 43.0 Å². The third-order valence-corrected chi connectivity index (χ3v) is 5.25. The molecule has 0 aliphatic carbocycles. The lowest BCUT2D eigenvalue weighted by molar-refractivity contribution is 0.613. The molecule has 1 N–H and O–H groups in total. The van der Waals surface area contributed by atoms with Crippen LogP contribution in [0.3, 0.4) is 0 Å². The van der Waals surface area contributed by atoms with Crippen molar-refractivity contribution in [2.24, 2.45) is 4.99 Å². The predicted octanol–water partition coefficient (Wildman–Crippen LogP) is 3.48. The Kier molecular flexibility index (Phi) is 5.96. The van der Waals surface area contributed by atoms with Crippen molar-refractivity contribution in [2.45, 2.75) is 11.4 Å². The maximum absolute atomic E-state index is 13.2. The second-order valence-corrected chi connectivity index (χ2v) is 7.42. The topological polar surface area (TPSA) is 46.4 Å². The average Bonchev–Trinajstić information content (AvgIpc) is 3.00. The van der Waals surface area contributed by atoms with Crippen LogP contribution in [0.4, 0.5) is 4.39 Å². The predicted molar refractivity (Wildman–Crippen MR) is 107 cm³/mol. The number of fused-ring (bicyclic) bond motifs is 1. The summed E-state index contributed by atoms with van der Waals surface area (Å²) in [5, 5.41) is 4.29. The zero-order valence-electron chi connectivity index (χ0n) is 14.7. The first-order valence-corrected chi connectivity index (χ1v) is 10.0. The maximum Gasteiger partial charge on any atom is 0.123 e. The van der Waals surface area contributed by atoms with Crippen molar-refractivity contribution in [1.82, 2.24) is 9.88 Å². The molecule has 3 aromatic rings. The van der Waals surface area contributed by atoms with E-state index in [-0.39, 0.29) is 5.82 Å². The van der Waals surface area contributed by atoms with Gasteiger partial charge in [-0.15, -0.1) is 0 Å². The summed E-state index contributed by atoms with van der Waals surface area (Å²) in [7, 11) is -1.09. The number of hydrogen-bond donors (Lipinski definition) is 1. The minimum atomic E-state index is -1.09.